The van der Waals surface area contributed by atoms with E-state index in [2.05, 4.69) is 10.3 Å². The van der Waals surface area contributed by atoms with Crippen molar-refractivity contribution in [1.29, 1.82) is 0 Å². The van der Waals surface area contributed by atoms with Crippen LogP contribution in [0.4, 0.5) is 18.9 Å². The van der Waals surface area contributed by atoms with Crippen molar-refractivity contribution >= 4 is 23.0 Å². The van der Waals surface area contributed by atoms with Gasteiger partial charge in [0.05, 0.1) is 24.4 Å². The molecular weight excluding hydrogens is 561 g/mol. The SMILES string of the molecule is COc1ccc(Oc2ccc(N3C(=S)N[C@@H](c4ccccn4)[C@@H]3c3cccn3-c3cccc(C(F)(F)F)c3)cc2)cc1. The number of rotatable bonds is 7. The molecule has 6 nitrogen and oxygen atoms in total. The highest BCUT2D eigenvalue weighted by Crippen LogP contribution is 2.43. The van der Waals surface area contributed by atoms with Crippen LogP contribution in [0.15, 0.2) is 116 Å². The third-order valence-electron chi connectivity index (χ3n) is 7.04. The number of halogens is 3. The van der Waals surface area contributed by atoms with Gasteiger partial charge in [-0.1, -0.05) is 12.1 Å². The third-order valence-corrected chi connectivity index (χ3v) is 7.36. The number of hydrogen-bond acceptors (Lipinski definition) is 4. The van der Waals surface area contributed by atoms with Crippen molar-refractivity contribution in [3.8, 4) is 22.9 Å². The van der Waals surface area contributed by atoms with Crippen LogP contribution in [0.1, 0.15) is 29.0 Å². The minimum Gasteiger partial charge on any atom is -0.497 e. The highest BCUT2D eigenvalue weighted by molar-refractivity contribution is 7.80. The topological polar surface area (TPSA) is 51.6 Å². The van der Waals surface area contributed by atoms with Gasteiger partial charge in [-0.2, -0.15) is 13.2 Å². The molecule has 0 radical (unpaired) electrons. The lowest BCUT2D eigenvalue weighted by molar-refractivity contribution is -0.137. The molecule has 0 spiro atoms. The lowest BCUT2D eigenvalue weighted by Crippen LogP contribution is -2.30. The number of methoxy groups -OCH3 is 1. The van der Waals surface area contributed by atoms with E-state index in [1.807, 2.05) is 83.8 Å². The molecule has 0 aliphatic carbocycles. The largest absolute Gasteiger partial charge is 0.497 e. The number of alkyl halides is 3. The van der Waals surface area contributed by atoms with Gasteiger partial charge in [0.25, 0.3) is 0 Å². The second kappa shape index (κ2) is 11.2. The minimum atomic E-state index is -4.46. The molecule has 10 heteroatoms. The van der Waals surface area contributed by atoms with Gasteiger partial charge in [0.15, 0.2) is 5.11 Å². The summed E-state index contributed by atoms with van der Waals surface area (Å²) in [5.41, 5.74) is 1.96. The molecule has 1 aliphatic heterocycles. The van der Waals surface area contributed by atoms with Gasteiger partial charge in [0, 0.05) is 29.5 Å². The molecule has 5 aromatic rings. The average molecular weight is 587 g/mol. The van der Waals surface area contributed by atoms with Crippen molar-refractivity contribution in [2.45, 2.75) is 18.3 Å². The zero-order chi connectivity index (χ0) is 29.3. The number of hydrogen-bond donors (Lipinski definition) is 1. The summed E-state index contributed by atoms with van der Waals surface area (Å²) in [6.07, 6.45) is -0.999. The monoisotopic (exact) mass is 586 g/mol. The fourth-order valence-electron chi connectivity index (χ4n) is 5.09. The molecule has 3 aromatic carbocycles. The number of ether oxygens (including phenoxy) is 2. The maximum absolute atomic E-state index is 13.6. The summed E-state index contributed by atoms with van der Waals surface area (Å²) in [5, 5.41) is 3.86. The lowest BCUT2D eigenvalue weighted by atomic mass is 10.0. The van der Waals surface area contributed by atoms with E-state index >= 15 is 0 Å². The van der Waals surface area contributed by atoms with Gasteiger partial charge in [-0.25, -0.2) is 0 Å². The first kappa shape index (κ1) is 27.3. The van der Waals surface area contributed by atoms with E-state index in [1.54, 1.807) is 30.1 Å². The average Bonchev–Trinajstić information content (AvgIpc) is 3.62. The summed E-state index contributed by atoms with van der Waals surface area (Å²) >= 11 is 5.83. The fraction of sp³-hybridized carbons (Fsp3) is 0.125. The Hall–Kier alpha value is -4.83. The van der Waals surface area contributed by atoms with Gasteiger partial charge in [-0.15, -0.1) is 0 Å². The summed E-state index contributed by atoms with van der Waals surface area (Å²) < 4.78 is 53.7. The maximum atomic E-state index is 13.6. The summed E-state index contributed by atoms with van der Waals surface area (Å²) in [6, 6.07) is 28.6. The van der Waals surface area contributed by atoms with Crippen LogP contribution >= 0.6 is 12.2 Å². The van der Waals surface area contributed by atoms with E-state index in [9.17, 15) is 13.2 Å². The molecule has 1 saturated heterocycles. The molecule has 1 fully saturated rings. The number of aromatic nitrogens is 2. The highest BCUT2D eigenvalue weighted by atomic mass is 32.1. The molecule has 212 valence electrons. The van der Waals surface area contributed by atoms with E-state index in [0.717, 1.165) is 35.0 Å². The molecule has 42 heavy (non-hydrogen) atoms. The van der Waals surface area contributed by atoms with E-state index in [4.69, 9.17) is 21.7 Å². The Kier molecular flexibility index (Phi) is 7.30. The molecule has 0 saturated carbocycles. The van der Waals surface area contributed by atoms with E-state index in [0.29, 0.717) is 22.3 Å². The van der Waals surface area contributed by atoms with Crippen molar-refractivity contribution in [2.75, 3.05) is 12.0 Å². The number of anilines is 1. The number of pyridine rings is 1. The summed E-state index contributed by atoms with van der Waals surface area (Å²) in [7, 11) is 1.61. The van der Waals surface area contributed by atoms with Crippen molar-refractivity contribution in [2.24, 2.45) is 0 Å². The van der Waals surface area contributed by atoms with Gasteiger partial charge in [-0.3, -0.25) is 4.98 Å². The Morgan fingerprint density at radius 3 is 2.19 bits per heavy atom. The van der Waals surface area contributed by atoms with Crippen molar-refractivity contribution in [3.05, 3.63) is 132 Å². The smallest absolute Gasteiger partial charge is 0.416 e. The van der Waals surface area contributed by atoms with Gasteiger partial charge in [-0.05, 0) is 103 Å². The van der Waals surface area contributed by atoms with Crippen LogP contribution in [-0.4, -0.2) is 21.8 Å². The molecule has 3 heterocycles. The van der Waals surface area contributed by atoms with E-state index in [1.165, 1.54) is 6.07 Å². The van der Waals surface area contributed by atoms with Gasteiger partial charge in [0.2, 0.25) is 0 Å². The zero-order valence-electron chi connectivity index (χ0n) is 22.3. The molecule has 0 unspecified atom stereocenters. The third kappa shape index (κ3) is 5.40. The first-order valence-electron chi connectivity index (χ1n) is 13.1. The van der Waals surface area contributed by atoms with Crippen LogP contribution in [0.3, 0.4) is 0 Å². The number of nitrogens with one attached hydrogen (secondary N) is 1. The van der Waals surface area contributed by atoms with E-state index < -0.39 is 17.8 Å². The predicted molar refractivity (Wildman–Crippen MR) is 158 cm³/mol. The van der Waals surface area contributed by atoms with E-state index in [-0.39, 0.29) is 6.04 Å². The van der Waals surface area contributed by atoms with Crippen LogP contribution < -0.4 is 19.7 Å². The molecule has 1 N–H and O–H groups in total. The first-order valence-corrected chi connectivity index (χ1v) is 13.5. The standard InChI is InChI=1S/C32H25F3N4O2S/c1-40-24-14-16-26(17-15-24)41-25-12-10-22(11-13-25)39-30(29(37-31(39)42)27-8-2-3-18-36-27)28-9-5-19-38(28)23-7-4-6-21(20-23)32(33,34)35/h2-20,29-30H,1H3,(H,37,42)/t29-,30-/m0/s1. The summed E-state index contributed by atoms with van der Waals surface area (Å²) in [5.74, 6) is 2.03. The number of thiocarbonyl (C=S) groups is 1. The van der Waals surface area contributed by atoms with Crippen molar-refractivity contribution in [1.82, 2.24) is 14.9 Å². The summed E-state index contributed by atoms with van der Waals surface area (Å²) in [6.45, 7) is 0. The molecule has 0 bridgehead atoms. The van der Waals surface area contributed by atoms with Crippen molar-refractivity contribution < 1.29 is 22.6 Å². The Bertz CT molecular complexity index is 1690. The highest BCUT2D eigenvalue weighted by Gasteiger charge is 2.42. The number of benzene rings is 3. The second-order valence-corrected chi connectivity index (χ2v) is 10.0. The zero-order valence-corrected chi connectivity index (χ0v) is 23.1. The lowest BCUT2D eigenvalue weighted by Gasteiger charge is -2.29. The molecule has 6 rings (SSSR count). The number of nitrogens with zero attached hydrogens (tertiary/aromatic N) is 3. The second-order valence-electron chi connectivity index (χ2n) is 9.62. The molecule has 2 atom stereocenters. The molecular formula is C32H25F3N4O2S. The van der Waals surface area contributed by atoms with Crippen LogP contribution in [0.2, 0.25) is 0 Å². The van der Waals surface area contributed by atoms with Gasteiger partial charge >= 0.3 is 6.18 Å². The summed E-state index contributed by atoms with van der Waals surface area (Å²) in [4.78, 5) is 6.53. The van der Waals surface area contributed by atoms with Gasteiger partial charge in [0.1, 0.15) is 23.3 Å². The Balaban J connectivity index is 1.38. The predicted octanol–water partition coefficient (Wildman–Crippen LogP) is 7.87. The molecule has 1 aliphatic rings. The molecule has 0 amide bonds. The maximum Gasteiger partial charge on any atom is 0.416 e. The quantitative estimate of drug-likeness (QED) is 0.196. The Morgan fingerprint density at radius 1 is 0.810 bits per heavy atom. The Morgan fingerprint density at radius 2 is 1.52 bits per heavy atom. The van der Waals surface area contributed by atoms with Crippen LogP contribution in [0.5, 0.6) is 17.2 Å². The normalized spacial score (nSPS) is 16.8. The van der Waals surface area contributed by atoms with Crippen LogP contribution in [-0.2, 0) is 6.18 Å². The van der Waals surface area contributed by atoms with Gasteiger partial charge < -0.3 is 24.3 Å². The van der Waals surface area contributed by atoms with Crippen molar-refractivity contribution in [3.63, 3.8) is 0 Å². The van der Waals surface area contributed by atoms with Crippen LogP contribution in [0, 0.1) is 0 Å². The fourth-order valence-corrected chi connectivity index (χ4v) is 5.44. The Labute approximate surface area is 246 Å². The minimum absolute atomic E-state index is 0.367. The first-order chi connectivity index (χ1) is 20.3. The van der Waals surface area contributed by atoms with Crippen LogP contribution in [0.25, 0.3) is 5.69 Å². The molecule has 2 aromatic heterocycles.